The Bertz CT molecular complexity index is 889. The number of rotatable bonds is 2. The Labute approximate surface area is 151 Å². The molecule has 0 saturated heterocycles. The zero-order valence-corrected chi connectivity index (χ0v) is 16.0. The van der Waals surface area contributed by atoms with Gasteiger partial charge in [-0.05, 0) is 69.1 Å². The molecule has 6 heteroatoms. The zero-order valence-electron chi connectivity index (χ0n) is 11.3. The van der Waals surface area contributed by atoms with E-state index in [0.717, 1.165) is 9.86 Å². The number of furan rings is 1. The zero-order chi connectivity index (χ0) is 16.0. The van der Waals surface area contributed by atoms with Crippen LogP contribution in [0.15, 0.2) is 48.2 Å². The van der Waals surface area contributed by atoms with Gasteiger partial charge in [0.2, 0.25) is 0 Å². The highest BCUT2D eigenvalue weighted by molar-refractivity contribution is 9.11. The SMILES string of the molecule is Cc1oc2ccc(Br)cc2c1C(=O)c1cc(Br)c(O)c(Br)c1. The molecule has 0 fully saturated rings. The van der Waals surface area contributed by atoms with Crippen LogP contribution in [0.5, 0.6) is 5.75 Å². The molecule has 1 heterocycles. The van der Waals surface area contributed by atoms with E-state index in [2.05, 4.69) is 47.8 Å². The van der Waals surface area contributed by atoms with Crippen LogP contribution in [-0.2, 0) is 0 Å². The van der Waals surface area contributed by atoms with E-state index in [1.165, 1.54) is 0 Å². The maximum atomic E-state index is 12.9. The Balaban J connectivity index is 2.21. The largest absolute Gasteiger partial charge is 0.506 e. The Kier molecular flexibility index (Phi) is 4.18. The summed E-state index contributed by atoms with van der Waals surface area (Å²) in [5, 5.41) is 10.5. The quantitative estimate of drug-likeness (QED) is 0.452. The second-order valence-corrected chi connectivity index (χ2v) is 7.42. The van der Waals surface area contributed by atoms with Crippen molar-refractivity contribution in [1.29, 1.82) is 0 Å². The highest BCUT2D eigenvalue weighted by atomic mass is 79.9. The van der Waals surface area contributed by atoms with E-state index in [1.54, 1.807) is 19.1 Å². The number of phenols is 1. The van der Waals surface area contributed by atoms with E-state index in [-0.39, 0.29) is 11.5 Å². The fourth-order valence-electron chi connectivity index (χ4n) is 2.32. The molecule has 1 aromatic heterocycles. The van der Waals surface area contributed by atoms with Gasteiger partial charge in [-0.3, -0.25) is 4.79 Å². The van der Waals surface area contributed by atoms with Crippen molar-refractivity contribution >= 4 is 64.5 Å². The predicted molar refractivity (Wildman–Crippen MR) is 95.6 cm³/mol. The fraction of sp³-hybridized carbons (Fsp3) is 0.0625. The molecule has 0 atom stereocenters. The Morgan fingerprint density at radius 2 is 1.73 bits per heavy atom. The monoisotopic (exact) mass is 486 g/mol. The molecule has 2 aromatic carbocycles. The third kappa shape index (κ3) is 2.64. The molecule has 0 aliphatic carbocycles. The van der Waals surface area contributed by atoms with Crippen LogP contribution in [0, 0.1) is 6.92 Å². The van der Waals surface area contributed by atoms with E-state index in [1.807, 2.05) is 18.2 Å². The highest BCUT2D eigenvalue weighted by Crippen LogP contribution is 2.36. The number of ketones is 1. The van der Waals surface area contributed by atoms with E-state index in [4.69, 9.17) is 4.42 Å². The summed E-state index contributed by atoms with van der Waals surface area (Å²) in [4.78, 5) is 12.9. The molecule has 0 saturated carbocycles. The van der Waals surface area contributed by atoms with E-state index in [9.17, 15) is 9.90 Å². The van der Waals surface area contributed by atoms with Gasteiger partial charge >= 0.3 is 0 Å². The van der Waals surface area contributed by atoms with Gasteiger partial charge in [-0.1, -0.05) is 15.9 Å². The van der Waals surface area contributed by atoms with Crippen molar-refractivity contribution in [2.24, 2.45) is 0 Å². The van der Waals surface area contributed by atoms with Crippen molar-refractivity contribution in [1.82, 2.24) is 0 Å². The molecule has 3 rings (SSSR count). The maximum absolute atomic E-state index is 12.9. The van der Waals surface area contributed by atoms with E-state index < -0.39 is 0 Å². The van der Waals surface area contributed by atoms with Gasteiger partial charge in [0.25, 0.3) is 0 Å². The average molecular weight is 489 g/mol. The predicted octanol–water partition coefficient (Wildman–Crippen LogP) is 5.97. The number of aromatic hydroxyl groups is 1. The van der Waals surface area contributed by atoms with Crippen LogP contribution >= 0.6 is 47.8 Å². The third-order valence-electron chi connectivity index (χ3n) is 3.33. The van der Waals surface area contributed by atoms with Crippen molar-refractivity contribution < 1.29 is 14.3 Å². The number of aryl methyl sites for hydroxylation is 1. The normalized spacial score (nSPS) is 11.1. The first-order valence-corrected chi connectivity index (χ1v) is 8.67. The molecule has 0 bridgehead atoms. The molecule has 0 aliphatic rings. The van der Waals surface area contributed by atoms with Crippen LogP contribution in [0.4, 0.5) is 0 Å². The molecule has 22 heavy (non-hydrogen) atoms. The second kappa shape index (κ2) is 5.83. The summed E-state index contributed by atoms with van der Waals surface area (Å²) in [5.74, 6) is 0.474. The summed E-state index contributed by atoms with van der Waals surface area (Å²) in [6.45, 7) is 1.77. The van der Waals surface area contributed by atoms with Crippen molar-refractivity contribution in [2.75, 3.05) is 0 Å². The molecular weight excluding hydrogens is 480 g/mol. The molecule has 0 amide bonds. The van der Waals surface area contributed by atoms with Gasteiger partial charge in [-0.15, -0.1) is 0 Å². The molecule has 0 unspecified atom stereocenters. The van der Waals surface area contributed by atoms with E-state index >= 15 is 0 Å². The van der Waals surface area contributed by atoms with E-state index in [0.29, 0.717) is 31.4 Å². The van der Waals surface area contributed by atoms with Gasteiger partial charge in [0.05, 0.1) is 14.5 Å². The number of fused-ring (bicyclic) bond motifs is 1. The second-order valence-electron chi connectivity index (χ2n) is 4.79. The van der Waals surface area contributed by atoms with Crippen molar-refractivity contribution in [3.63, 3.8) is 0 Å². The molecule has 3 aromatic rings. The molecule has 0 radical (unpaired) electrons. The van der Waals surface area contributed by atoms with Gasteiger partial charge in [-0.2, -0.15) is 0 Å². The molecule has 112 valence electrons. The molecule has 0 spiro atoms. The van der Waals surface area contributed by atoms with Crippen LogP contribution < -0.4 is 0 Å². The lowest BCUT2D eigenvalue weighted by molar-refractivity contribution is 0.103. The number of benzene rings is 2. The number of hydrogen-bond donors (Lipinski definition) is 1. The van der Waals surface area contributed by atoms with Crippen molar-refractivity contribution in [2.45, 2.75) is 6.92 Å². The van der Waals surface area contributed by atoms with Crippen LogP contribution in [0.1, 0.15) is 21.7 Å². The van der Waals surface area contributed by atoms with Crippen LogP contribution in [0.3, 0.4) is 0 Å². The average Bonchev–Trinajstić information content (AvgIpc) is 2.78. The van der Waals surface area contributed by atoms with Crippen LogP contribution in [0.25, 0.3) is 11.0 Å². The Morgan fingerprint density at radius 3 is 2.36 bits per heavy atom. The first kappa shape index (κ1) is 15.8. The Hall–Kier alpha value is -1.11. The number of carbonyl (C=O) groups is 1. The number of phenolic OH excluding ortho intramolecular Hbond substituents is 1. The first-order valence-electron chi connectivity index (χ1n) is 6.30. The molecular formula is C16H9Br3O3. The third-order valence-corrected chi connectivity index (χ3v) is 5.03. The Morgan fingerprint density at radius 1 is 1.09 bits per heavy atom. The summed E-state index contributed by atoms with van der Waals surface area (Å²) in [5.41, 5.74) is 1.66. The van der Waals surface area contributed by atoms with Gasteiger partial charge in [0.1, 0.15) is 17.1 Å². The van der Waals surface area contributed by atoms with Gasteiger partial charge in [0, 0.05) is 15.4 Å². The summed E-state index contributed by atoms with van der Waals surface area (Å²) in [7, 11) is 0. The van der Waals surface area contributed by atoms with Crippen molar-refractivity contribution in [3.05, 3.63) is 60.6 Å². The summed E-state index contributed by atoms with van der Waals surface area (Å²) in [6.07, 6.45) is 0. The minimum absolute atomic E-state index is 0.0630. The van der Waals surface area contributed by atoms with Crippen LogP contribution in [0.2, 0.25) is 0 Å². The number of hydrogen-bond acceptors (Lipinski definition) is 3. The first-order chi connectivity index (χ1) is 10.4. The van der Waals surface area contributed by atoms with Gasteiger partial charge < -0.3 is 9.52 Å². The van der Waals surface area contributed by atoms with Gasteiger partial charge in [0.15, 0.2) is 5.78 Å². The molecule has 0 aliphatic heterocycles. The highest BCUT2D eigenvalue weighted by Gasteiger charge is 2.21. The topological polar surface area (TPSA) is 50.4 Å². The molecule has 3 nitrogen and oxygen atoms in total. The smallest absolute Gasteiger partial charge is 0.197 e. The minimum Gasteiger partial charge on any atom is -0.506 e. The van der Waals surface area contributed by atoms with Crippen molar-refractivity contribution in [3.8, 4) is 5.75 Å². The lowest BCUT2D eigenvalue weighted by atomic mass is 10.0. The number of carbonyl (C=O) groups excluding carboxylic acids is 1. The minimum atomic E-state index is -0.157. The summed E-state index contributed by atoms with van der Waals surface area (Å²) < 4.78 is 7.45. The lowest BCUT2D eigenvalue weighted by Gasteiger charge is -2.05. The fourth-order valence-corrected chi connectivity index (χ4v) is 3.86. The lowest BCUT2D eigenvalue weighted by Crippen LogP contribution is -2.02. The summed E-state index contributed by atoms with van der Waals surface area (Å²) >= 11 is 9.90. The standard InChI is InChI=1S/C16H9Br3O3/c1-7-14(10-6-9(17)2-3-13(10)22-7)15(20)8-4-11(18)16(21)12(19)5-8/h2-6,21H,1H3. The van der Waals surface area contributed by atoms with Gasteiger partial charge in [-0.25, -0.2) is 0 Å². The van der Waals surface area contributed by atoms with Crippen LogP contribution in [-0.4, -0.2) is 10.9 Å². The molecule has 1 N–H and O–H groups in total. The summed E-state index contributed by atoms with van der Waals surface area (Å²) in [6, 6.07) is 8.75. The maximum Gasteiger partial charge on any atom is 0.197 e. The number of halogens is 3.